The number of hydrogen-bond donors (Lipinski definition) is 3. The van der Waals surface area contributed by atoms with Gasteiger partial charge in [-0.15, -0.1) is 10.2 Å². The van der Waals surface area contributed by atoms with Crippen molar-refractivity contribution in [3.63, 3.8) is 0 Å². The second-order valence-electron chi connectivity index (χ2n) is 7.35. The van der Waals surface area contributed by atoms with Crippen LogP contribution in [0.3, 0.4) is 0 Å². The molecule has 12 nitrogen and oxygen atoms in total. The zero-order valence-electron chi connectivity index (χ0n) is 20.2. The summed E-state index contributed by atoms with van der Waals surface area (Å²) in [7, 11) is 0. The zero-order valence-corrected chi connectivity index (χ0v) is 20.2. The van der Waals surface area contributed by atoms with Crippen molar-refractivity contribution in [1.29, 1.82) is 0 Å². The van der Waals surface area contributed by atoms with E-state index >= 15 is 0 Å². The van der Waals surface area contributed by atoms with Crippen LogP contribution in [0.4, 0.5) is 27.8 Å². The number of pyridine rings is 1. The molecule has 37 heavy (non-hydrogen) atoms. The van der Waals surface area contributed by atoms with Gasteiger partial charge in [0.2, 0.25) is 12.2 Å². The third kappa shape index (κ3) is 8.31. The van der Waals surface area contributed by atoms with Gasteiger partial charge in [-0.25, -0.2) is 9.78 Å². The predicted octanol–water partition coefficient (Wildman–Crippen LogP) is 4.35. The standard InChI is InChI=1S/C25H26N6O6/c1-3-35-25(34)37-16(2)36-20-12-8-7-11-18(20)30-31-19-13-14-21(29-23(19)26)28-22(32)15-27-24(33)17-9-5-4-6-10-17/h4-14,16H,3,15H2,1-2H3,(H,27,33)(H3,26,28,29,32). The maximum Gasteiger partial charge on any atom is 0.511 e. The van der Waals surface area contributed by atoms with Gasteiger partial charge in [0, 0.05) is 12.5 Å². The van der Waals surface area contributed by atoms with Crippen molar-refractivity contribution >= 4 is 41.0 Å². The van der Waals surface area contributed by atoms with E-state index in [0.717, 1.165) is 0 Å². The van der Waals surface area contributed by atoms with Crippen LogP contribution in [0.5, 0.6) is 5.75 Å². The van der Waals surface area contributed by atoms with Crippen LogP contribution in [0.25, 0.3) is 0 Å². The number of nitrogen functional groups attached to an aromatic ring is 1. The summed E-state index contributed by atoms with van der Waals surface area (Å²) in [6.07, 6.45) is -1.78. The monoisotopic (exact) mass is 506 g/mol. The van der Waals surface area contributed by atoms with Crippen molar-refractivity contribution in [2.75, 3.05) is 24.2 Å². The number of carbonyl (C=O) groups is 3. The van der Waals surface area contributed by atoms with Crippen LogP contribution >= 0.6 is 0 Å². The van der Waals surface area contributed by atoms with Crippen LogP contribution in [0, 0.1) is 0 Å². The van der Waals surface area contributed by atoms with Crippen LogP contribution in [-0.4, -0.2) is 42.4 Å². The Labute approximate surface area is 212 Å². The van der Waals surface area contributed by atoms with Crippen LogP contribution in [0.15, 0.2) is 77.0 Å². The molecule has 0 bridgehead atoms. The molecule has 0 spiro atoms. The highest BCUT2D eigenvalue weighted by Crippen LogP contribution is 2.31. The molecule has 2 amide bonds. The molecule has 0 radical (unpaired) electrons. The first-order chi connectivity index (χ1) is 17.9. The van der Waals surface area contributed by atoms with Gasteiger partial charge in [0.05, 0.1) is 13.2 Å². The maximum atomic E-state index is 12.2. The molecule has 192 valence electrons. The lowest BCUT2D eigenvalue weighted by atomic mass is 10.2. The molecule has 0 aliphatic rings. The molecular weight excluding hydrogens is 480 g/mol. The van der Waals surface area contributed by atoms with Crippen LogP contribution in [0.2, 0.25) is 0 Å². The summed E-state index contributed by atoms with van der Waals surface area (Å²) in [5.74, 6) is -0.326. The largest absolute Gasteiger partial charge is 0.511 e. The molecule has 0 aliphatic heterocycles. The minimum Gasteiger partial charge on any atom is -0.453 e. The normalized spacial score (nSPS) is 11.4. The first-order valence-electron chi connectivity index (χ1n) is 11.3. The number of nitrogens with one attached hydrogen (secondary N) is 2. The lowest BCUT2D eigenvalue weighted by molar-refractivity contribution is -0.115. The quantitative estimate of drug-likeness (QED) is 0.207. The van der Waals surface area contributed by atoms with Crippen LogP contribution in [0.1, 0.15) is 24.2 Å². The van der Waals surface area contributed by atoms with Gasteiger partial charge in [0.1, 0.15) is 17.2 Å². The van der Waals surface area contributed by atoms with Gasteiger partial charge in [0.25, 0.3) is 5.91 Å². The lowest BCUT2D eigenvalue weighted by Crippen LogP contribution is -2.33. The van der Waals surface area contributed by atoms with Crippen molar-refractivity contribution in [3.8, 4) is 5.75 Å². The molecule has 3 aromatic rings. The Balaban J connectivity index is 1.58. The highest BCUT2D eigenvalue weighted by atomic mass is 16.8. The maximum absolute atomic E-state index is 12.2. The minimum absolute atomic E-state index is 0.0206. The van der Waals surface area contributed by atoms with E-state index in [4.69, 9.17) is 19.9 Å². The molecule has 0 aliphatic carbocycles. The molecule has 1 atom stereocenters. The van der Waals surface area contributed by atoms with E-state index in [1.807, 2.05) is 0 Å². The van der Waals surface area contributed by atoms with Crippen molar-refractivity contribution in [2.45, 2.75) is 20.1 Å². The lowest BCUT2D eigenvalue weighted by Gasteiger charge is -2.15. The second kappa shape index (κ2) is 13.2. The Bertz CT molecular complexity index is 1270. The first-order valence-corrected chi connectivity index (χ1v) is 11.3. The highest BCUT2D eigenvalue weighted by Gasteiger charge is 2.14. The number of amides is 2. The van der Waals surface area contributed by atoms with E-state index in [2.05, 4.69) is 25.8 Å². The molecule has 4 N–H and O–H groups in total. The third-order valence-corrected chi connectivity index (χ3v) is 4.56. The Kier molecular flexibility index (Phi) is 9.48. The first kappa shape index (κ1) is 26.6. The van der Waals surface area contributed by atoms with E-state index < -0.39 is 18.4 Å². The molecule has 2 aromatic carbocycles. The van der Waals surface area contributed by atoms with Crippen LogP contribution < -0.4 is 21.1 Å². The number of nitrogens with two attached hydrogens (primary N) is 1. The summed E-state index contributed by atoms with van der Waals surface area (Å²) >= 11 is 0. The summed E-state index contributed by atoms with van der Waals surface area (Å²) in [5, 5.41) is 13.3. The predicted molar refractivity (Wildman–Crippen MR) is 135 cm³/mol. The fourth-order valence-corrected chi connectivity index (χ4v) is 2.90. The molecule has 1 heterocycles. The van der Waals surface area contributed by atoms with Gasteiger partial charge >= 0.3 is 6.16 Å². The summed E-state index contributed by atoms with van der Waals surface area (Å²) in [4.78, 5) is 39.8. The Hall–Kier alpha value is -5.00. The number of carbonyl (C=O) groups excluding carboxylic acids is 3. The molecule has 0 saturated heterocycles. The Morgan fingerprint density at radius 2 is 1.68 bits per heavy atom. The average Bonchev–Trinajstić information content (AvgIpc) is 2.88. The molecule has 1 aromatic heterocycles. The molecule has 0 saturated carbocycles. The van der Waals surface area contributed by atoms with Gasteiger partial charge in [-0.1, -0.05) is 30.3 Å². The van der Waals surface area contributed by atoms with Crippen molar-refractivity contribution in [3.05, 3.63) is 72.3 Å². The van der Waals surface area contributed by atoms with Crippen molar-refractivity contribution < 1.29 is 28.6 Å². The molecule has 0 fully saturated rings. The number of hydrogen-bond acceptors (Lipinski definition) is 10. The van der Waals surface area contributed by atoms with Crippen molar-refractivity contribution in [2.24, 2.45) is 10.2 Å². The topological polar surface area (TPSA) is 167 Å². The fraction of sp³-hybridized carbons (Fsp3) is 0.200. The van der Waals surface area contributed by atoms with E-state index in [9.17, 15) is 14.4 Å². The smallest absolute Gasteiger partial charge is 0.453 e. The summed E-state index contributed by atoms with van der Waals surface area (Å²) in [6, 6.07) is 18.3. The number of azo groups is 1. The minimum atomic E-state index is -0.928. The molecular formula is C25H26N6O6. The van der Waals surface area contributed by atoms with Gasteiger partial charge in [0.15, 0.2) is 11.6 Å². The highest BCUT2D eigenvalue weighted by molar-refractivity contribution is 5.99. The zero-order chi connectivity index (χ0) is 26.6. The fourth-order valence-electron chi connectivity index (χ4n) is 2.90. The summed E-state index contributed by atoms with van der Waals surface area (Å²) < 4.78 is 15.3. The van der Waals surface area contributed by atoms with E-state index in [1.165, 1.54) is 19.1 Å². The molecule has 3 rings (SSSR count). The number of anilines is 2. The average molecular weight is 507 g/mol. The third-order valence-electron chi connectivity index (χ3n) is 4.56. The second-order valence-corrected chi connectivity index (χ2v) is 7.35. The number of rotatable bonds is 10. The number of para-hydroxylation sites is 1. The number of ether oxygens (including phenoxy) is 3. The van der Waals surface area contributed by atoms with Gasteiger partial charge in [-0.05, 0) is 43.3 Å². The summed E-state index contributed by atoms with van der Waals surface area (Å²) in [6.45, 7) is 3.13. The SMILES string of the molecule is CCOC(=O)OC(C)Oc1ccccc1N=Nc1ccc(NC(=O)CNC(=O)c2ccccc2)nc1N. The van der Waals surface area contributed by atoms with Crippen molar-refractivity contribution in [1.82, 2.24) is 10.3 Å². The number of benzene rings is 2. The van der Waals surface area contributed by atoms with E-state index in [0.29, 0.717) is 17.0 Å². The van der Waals surface area contributed by atoms with E-state index in [-0.39, 0.29) is 36.4 Å². The Morgan fingerprint density at radius 1 is 0.973 bits per heavy atom. The number of aromatic nitrogens is 1. The Morgan fingerprint density at radius 3 is 2.41 bits per heavy atom. The summed E-state index contributed by atoms with van der Waals surface area (Å²) in [5.41, 5.74) is 7.02. The van der Waals surface area contributed by atoms with Gasteiger partial charge in [-0.3, -0.25) is 9.59 Å². The van der Waals surface area contributed by atoms with E-state index in [1.54, 1.807) is 61.5 Å². The van der Waals surface area contributed by atoms with Gasteiger partial charge < -0.3 is 30.6 Å². The molecule has 12 heteroatoms. The number of nitrogens with zero attached hydrogens (tertiary/aromatic N) is 3. The van der Waals surface area contributed by atoms with Crippen LogP contribution in [-0.2, 0) is 14.3 Å². The molecule has 1 unspecified atom stereocenters. The van der Waals surface area contributed by atoms with Gasteiger partial charge in [-0.2, -0.15) is 0 Å².